The normalized spacial score (nSPS) is 18.6. The second-order valence-electron chi connectivity index (χ2n) is 5.28. The Labute approximate surface area is 137 Å². The lowest BCUT2D eigenvalue weighted by Gasteiger charge is -2.11. The van der Waals surface area contributed by atoms with Crippen molar-refractivity contribution in [2.75, 3.05) is 39.5 Å². The van der Waals surface area contributed by atoms with Crippen LogP contribution in [0.5, 0.6) is 0 Å². The first-order chi connectivity index (χ1) is 10.9. The molecule has 1 aromatic heterocycles. The van der Waals surface area contributed by atoms with E-state index in [0.717, 1.165) is 64.7 Å². The van der Waals surface area contributed by atoms with Crippen molar-refractivity contribution in [1.82, 2.24) is 10.6 Å². The summed E-state index contributed by atoms with van der Waals surface area (Å²) >= 11 is 1.74. The van der Waals surface area contributed by atoms with Crippen molar-refractivity contribution in [3.63, 3.8) is 0 Å². The van der Waals surface area contributed by atoms with Gasteiger partial charge in [0.1, 0.15) is 0 Å². The molecule has 1 aromatic rings. The number of ether oxygens (including phenoxy) is 2. The van der Waals surface area contributed by atoms with Gasteiger partial charge >= 0.3 is 0 Å². The van der Waals surface area contributed by atoms with Gasteiger partial charge in [0.05, 0.1) is 12.7 Å². The Morgan fingerprint density at radius 3 is 3.18 bits per heavy atom. The van der Waals surface area contributed by atoms with Crippen LogP contribution >= 0.6 is 11.3 Å². The molecule has 0 radical (unpaired) electrons. The molecule has 124 valence electrons. The van der Waals surface area contributed by atoms with Crippen molar-refractivity contribution in [3.8, 4) is 0 Å². The zero-order valence-electron chi connectivity index (χ0n) is 13.3. The highest BCUT2D eigenvalue weighted by atomic mass is 32.1. The summed E-state index contributed by atoms with van der Waals surface area (Å²) in [5.74, 6) is 0.891. The van der Waals surface area contributed by atoms with Crippen molar-refractivity contribution >= 4 is 17.3 Å². The highest BCUT2D eigenvalue weighted by molar-refractivity contribution is 7.07. The molecule has 6 heteroatoms. The molecular formula is C16H27N3O2S. The highest BCUT2D eigenvalue weighted by Gasteiger charge is 2.15. The Kier molecular flexibility index (Phi) is 8.30. The number of hydrogen-bond donors (Lipinski definition) is 2. The molecule has 2 N–H and O–H groups in total. The minimum atomic E-state index is 0.293. The molecule has 2 heterocycles. The summed E-state index contributed by atoms with van der Waals surface area (Å²) in [6.45, 7) is 6.97. The van der Waals surface area contributed by atoms with Gasteiger partial charge in [-0.2, -0.15) is 11.3 Å². The van der Waals surface area contributed by atoms with E-state index < -0.39 is 0 Å². The topological polar surface area (TPSA) is 54.9 Å². The second-order valence-corrected chi connectivity index (χ2v) is 6.06. The standard InChI is InChI=1S/C16H27N3O2S/c1-2-17-16(19-8-4-14-6-11-22-13-14)18-7-3-9-21-15-5-10-20-12-15/h6,11,13,15H,2-5,7-10,12H2,1H3,(H2,17,18,19). The Morgan fingerprint density at radius 1 is 1.50 bits per heavy atom. The van der Waals surface area contributed by atoms with Crippen molar-refractivity contribution in [2.45, 2.75) is 32.3 Å². The molecular weight excluding hydrogens is 298 g/mol. The molecule has 0 amide bonds. The first kappa shape index (κ1) is 17.2. The van der Waals surface area contributed by atoms with Gasteiger partial charge in [0, 0.05) is 32.8 Å². The molecule has 0 aliphatic carbocycles. The average molecular weight is 325 g/mol. The molecule has 1 aliphatic heterocycles. The van der Waals surface area contributed by atoms with Gasteiger partial charge in [0.2, 0.25) is 0 Å². The van der Waals surface area contributed by atoms with E-state index in [0.29, 0.717) is 6.10 Å². The number of aliphatic imine (C=N–C) groups is 1. The molecule has 0 aromatic carbocycles. The molecule has 5 nitrogen and oxygen atoms in total. The van der Waals surface area contributed by atoms with Crippen LogP contribution in [-0.2, 0) is 15.9 Å². The van der Waals surface area contributed by atoms with Crippen LogP contribution in [0.1, 0.15) is 25.3 Å². The van der Waals surface area contributed by atoms with Gasteiger partial charge in [-0.1, -0.05) is 0 Å². The number of nitrogens with zero attached hydrogens (tertiary/aromatic N) is 1. The van der Waals surface area contributed by atoms with Crippen molar-refractivity contribution in [2.24, 2.45) is 4.99 Å². The zero-order valence-corrected chi connectivity index (χ0v) is 14.2. The molecule has 1 aliphatic rings. The van der Waals surface area contributed by atoms with Gasteiger partial charge in [-0.25, -0.2) is 0 Å². The first-order valence-electron chi connectivity index (χ1n) is 8.11. The second kappa shape index (κ2) is 10.6. The third-order valence-corrected chi connectivity index (χ3v) is 4.18. The lowest BCUT2D eigenvalue weighted by Crippen LogP contribution is -2.38. The van der Waals surface area contributed by atoms with Gasteiger partial charge < -0.3 is 20.1 Å². The van der Waals surface area contributed by atoms with Crippen LogP contribution in [0, 0.1) is 0 Å². The van der Waals surface area contributed by atoms with Crippen LogP contribution in [-0.4, -0.2) is 51.5 Å². The van der Waals surface area contributed by atoms with E-state index in [-0.39, 0.29) is 0 Å². The van der Waals surface area contributed by atoms with E-state index >= 15 is 0 Å². The number of hydrogen-bond acceptors (Lipinski definition) is 4. The lowest BCUT2D eigenvalue weighted by atomic mass is 10.2. The maximum atomic E-state index is 5.74. The molecule has 1 unspecified atom stereocenters. The molecule has 1 saturated heterocycles. The Morgan fingerprint density at radius 2 is 2.45 bits per heavy atom. The van der Waals surface area contributed by atoms with Gasteiger partial charge in [0.15, 0.2) is 5.96 Å². The Hall–Kier alpha value is -1.11. The van der Waals surface area contributed by atoms with Crippen LogP contribution in [0.4, 0.5) is 0 Å². The molecule has 0 saturated carbocycles. The van der Waals surface area contributed by atoms with E-state index in [2.05, 4.69) is 39.4 Å². The fraction of sp³-hybridized carbons (Fsp3) is 0.688. The summed E-state index contributed by atoms with van der Waals surface area (Å²) in [5, 5.41) is 11.0. The summed E-state index contributed by atoms with van der Waals surface area (Å²) in [6.07, 6.45) is 3.28. The highest BCUT2D eigenvalue weighted by Crippen LogP contribution is 2.08. The fourth-order valence-corrected chi connectivity index (χ4v) is 2.95. The summed E-state index contributed by atoms with van der Waals surface area (Å²) in [7, 11) is 0. The molecule has 2 rings (SSSR count). The van der Waals surface area contributed by atoms with Crippen LogP contribution < -0.4 is 10.6 Å². The predicted molar refractivity (Wildman–Crippen MR) is 91.8 cm³/mol. The third kappa shape index (κ3) is 6.77. The molecule has 1 atom stereocenters. The maximum Gasteiger partial charge on any atom is 0.191 e. The molecule has 22 heavy (non-hydrogen) atoms. The van der Waals surface area contributed by atoms with Gasteiger partial charge in [-0.3, -0.25) is 4.99 Å². The minimum Gasteiger partial charge on any atom is -0.379 e. The van der Waals surface area contributed by atoms with Crippen molar-refractivity contribution in [1.29, 1.82) is 0 Å². The Bertz CT molecular complexity index is 417. The largest absolute Gasteiger partial charge is 0.379 e. The SMILES string of the molecule is CCNC(=NCCCOC1CCOC1)NCCc1ccsc1. The van der Waals surface area contributed by atoms with Gasteiger partial charge in [-0.15, -0.1) is 0 Å². The van der Waals surface area contributed by atoms with Crippen LogP contribution in [0.15, 0.2) is 21.8 Å². The average Bonchev–Trinajstić information content (AvgIpc) is 3.20. The molecule has 0 bridgehead atoms. The van der Waals surface area contributed by atoms with Gasteiger partial charge in [0.25, 0.3) is 0 Å². The van der Waals surface area contributed by atoms with Crippen LogP contribution in [0.3, 0.4) is 0 Å². The summed E-state index contributed by atoms with van der Waals surface area (Å²) in [5.41, 5.74) is 1.38. The van der Waals surface area contributed by atoms with Crippen LogP contribution in [0.25, 0.3) is 0 Å². The number of thiophene rings is 1. The van der Waals surface area contributed by atoms with Crippen molar-refractivity contribution < 1.29 is 9.47 Å². The van der Waals surface area contributed by atoms with Crippen LogP contribution in [0.2, 0.25) is 0 Å². The predicted octanol–water partition coefficient (Wildman–Crippen LogP) is 2.04. The first-order valence-corrected chi connectivity index (χ1v) is 9.05. The number of guanidine groups is 1. The number of nitrogens with one attached hydrogen (secondary N) is 2. The smallest absolute Gasteiger partial charge is 0.191 e. The van der Waals surface area contributed by atoms with Gasteiger partial charge in [-0.05, 0) is 48.6 Å². The summed E-state index contributed by atoms with van der Waals surface area (Å²) < 4.78 is 11.0. The zero-order chi connectivity index (χ0) is 15.5. The lowest BCUT2D eigenvalue weighted by molar-refractivity contribution is 0.0424. The summed E-state index contributed by atoms with van der Waals surface area (Å²) in [4.78, 5) is 4.58. The summed E-state index contributed by atoms with van der Waals surface area (Å²) in [6, 6.07) is 2.17. The van der Waals surface area contributed by atoms with E-state index in [1.165, 1.54) is 5.56 Å². The quantitative estimate of drug-likeness (QED) is 0.414. The fourth-order valence-electron chi connectivity index (χ4n) is 2.25. The van der Waals surface area contributed by atoms with E-state index in [4.69, 9.17) is 9.47 Å². The minimum absolute atomic E-state index is 0.293. The van der Waals surface area contributed by atoms with E-state index in [1.54, 1.807) is 11.3 Å². The monoisotopic (exact) mass is 325 g/mol. The molecule has 0 spiro atoms. The Balaban J connectivity index is 1.58. The third-order valence-electron chi connectivity index (χ3n) is 3.44. The van der Waals surface area contributed by atoms with E-state index in [9.17, 15) is 0 Å². The van der Waals surface area contributed by atoms with E-state index in [1.807, 2.05) is 0 Å². The maximum absolute atomic E-state index is 5.74. The molecule has 1 fully saturated rings. The van der Waals surface area contributed by atoms with Crippen molar-refractivity contribution in [3.05, 3.63) is 22.4 Å². The number of rotatable bonds is 9.